The average Bonchev–Trinajstić information content (AvgIpc) is 2.40. The van der Waals surface area contributed by atoms with E-state index < -0.39 is 5.56 Å². The van der Waals surface area contributed by atoms with Crippen LogP contribution in [0.5, 0.6) is 5.88 Å². The van der Waals surface area contributed by atoms with Crippen LogP contribution >= 0.6 is 23.2 Å². The van der Waals surface area contributed by atoms with E-state index in [-0.39, 0.29) is 16.7 Å². The molecule has 2 rings (SSSR count). The molecule has 0 aliphatic carbocycles. The van der Waals surface area contributed by atoms with Crippen LogP contribution in [0.3, 0.4) is 0 Å². The Bertz CT molecular complexity index is 628. The van der Waals surface area contributed by atoms with Gasteiger partial charge < -0.3 is 4.74 Å². The number of methoxy groups -OCH3 is 1. The maximum atomic E-state index is 11.8. The highest BCUT2D eigenvalue weighted by Crippen LogP contribution is 2.16. The van der Waals surface area contributed by atoms with Crippen molar-refractivity contribution in [1.82, 2.24) is 14.5 Å². The van der Waals surface area contributed by atoms with Gasteiger partial charge in [0, 0.05) is 11.8 Å². The van der Waals surface area contributed by atoms with Crippen LogP contribution in [-0.2, 0) is 6.54 Å². The van der Waals surface area contributed by atoms with Crippen molar-refractivity contribution in [2.24, 2.45) is 0 Å². The molecular weight excluding hydrogens is 277 g/mol. The summed E-state index contributed by atoms with van der Waals surface area (Å²) in [6.45, 7) is 0.264. The van der Waals surface area contributed by atoms with Crippen LogP contribution in [0.1, 0.15) is 5.56 Å². The quantitative estimate of drug-likeness (QED) is 0.810. The second-order valence-electron chi connectivity index (χ2n) is 3.45. The van der Waals surface area contributed by atoms with E-state index in [1.54, 1.807) is 18.3 Å². The lowest BCUT2D eigenvalue weighted by molar-refractivity contribution is 0.391. The van der Waals surface area contributed by atoms with E-state index in [9.17, 15) is 4.79 Å². The van der Waals surface area contributed by atoms with E-state index in [0.717, 1.165) is 5.56 Å². The van der Waals surface area contributed by atoms with Gasteiger partial charge in [-0.05, 0) is 6.07 Å². The van der Waals surface area contributed by atoms with E-state index in [1.165, 1.54) is 18.0 Å². The van der Waals surface area contributed by atoms with Gasteiger partial charge in [-0.3, -0.25) is 9.36 Å². The predicted octanol–water partition coefficient (Wildman–Crippen LogP) is 2.00. The monoisotopic (exact) mass is 285 g/mol. The predicted molar refractivity (Wildman–Crippen MR) is 68.4 cm³/mol. The largest absolute Gasteiger partial charge is 0.481 e. The average molecular weight is 286 g/mol. The van der Waals surface area contributed by atoms with Crippen LogP contribution < -0.4 is 10.3 Å². The second-order valence-corrected chi connectivity index (χ2v) is 4.19. The molecule has 0 spiro atoms. The summed E-state index contributed by atoms with van der Waals surface area (Å²) < 4.78 is 6.45. The van der Waals surface area contributed by atoms with Gasteiger partial charge >= 0.3 is 0 Å². The Morgan fingerprint density at radius 2 is 2.17 bits per heavy atom. The third-order valence-electron chi connectivity index (χ3n) is 2.32. The summed E-state index contributed by atoms with van der Waals surface area (Å²) in [5.74, 6) is 0.454. The summed E-state index contributed by atoms with van der Waals surface area (Å²) in [5.41, 5.74) is 0.352. The highest BCUT2D eigenvalue weighted by atomic mass is 35.5. The van der Waals surface area contributed by atoms with Crippen molar-refractivity contribution in [3.63, 3.8) is 0 Å². The van der Waals surface area contributed by atoms with Gasteiger partial charge in [0.25, 0.3) is 5.56 Å². The van der Waals surface area contributed by atoms with Gasteiger partial charge in [-0.25, -0.2) is 9.97 Å². The Morgan fingerprint density at radius 1 is 1.39 bits per heavy atom. The molecule has 2 heterocycles. The van der Waals surface area contributed by atoms with Crippen molar-refractivity contribution in [2.45, 2.75) is 6.54 Å². The summed E-state index contributed by atoms with van der Waals surface area (Å²) in [6, 6.07) is 3.56. The molecule has 7 heteroatoms. The smallest absolute Gasteiger partial charge is 0.273 e. The highest BCUT2D eigenvalue weighted by Gasteiger charge is 2.10. The molecule has 94 valence electrons. The first-order valence-corrected chi connectivity index (χ1v) is 5.77. The standard InChI is InChI=1S/C11H9Cl2N3O2/c1-18-10-7(3-2-4-14-10)5-16-6-15-9(13)8(12)11(16)17/h2-4,6H,5H2,1H3. The lowest BCUT2D eigenvalue weighted by Gasteiger charge is -2.09. The molecule has 0 amide bonds. The Labute approximate surface area is 113 Å². The zero-order valence-corrected chi connectivity index (χ0v) is 10.9. The normalized spacial score (nSPS) is 10.4. The Morgan fingerprint density at radius 3 is 2.89 bits per heavy atom. The first kappa shape index (κ1) is 12.9. The van der Waals surface area contributed by atoms with Crippen LogP contribution in [0.2, 0.25) is 10.2 Å². The highest BCUT2D eigenvalue weighted by molar-refractivity contribution is 6.40. The Hall–Kier alpha value is -1.59. The molecular formula is C11H9Cl2N3O2. The Kier molecular flexibility index (Phi) is 3.84. The van der Waals surface area contributed by atoms with Gasteiger partial charge in [-0.2, -0.15) is 0 Å². The Balaban J connectivity index is 2.41. The van der Waals surface area contributed by atoms with E-state index in [2.05, 4.69) is 9.97 Å². The minimum Gasteiger partial charge on any atom is -0.481 e. The molecule has 0 atom stereocenters. The third kappa shape index (κ3) is 2.47. The number of aromatic nitrogens is 3. The molecule has 0 aliphatic rings. The van der Waals surface area contributed by atoms with E-state index in [1.807, 2.05) is 0 Å². The molecule has 0 bridgehead atoms. The SMILES string of the molecule is COc1ncccc1Cn1cnc(Cl)c(Cl)c1=O. The lowest BCUT2D eigenvalue weighted by Crippen LogP contribution is -2.22. The number of halogens is 2. The zero-order chi connectivity index (χ0) is 13.1. The molecule has 0 aromatic carbocycles. The molecule has 0 N–H and O–H groups in total. The van der Waals surface area contributed by atoms with Crippen LogP contribution in [0.25, 0.3) is 0 Å². The van der Waals surface area contributed by atoms with Gasteiger partial charge in [-0.1, -0.05) is 29.3 Å². The van der Waals surface area contributed by atoms with Crippen molar-refractivity contribution in [3.05, 3.63) is 50.7 Å². The maximum Gasteiger partial charge on any atom is 0.273 e. The van der Waals surface area contributed by atoms with Crippen molar-refractivity contribution >= 4 is 23.2 Å². The van der Waals surface area contributed by atoms with E-state index >= 15 is 0 Å². The fraction of sp³-hybridized carbons (Fsp3) is 0.182. The number of ether oxygens (including phenoxy) is 1. The van der Waals surface area contributed by atoms with Gasteiger partial charge in [0.15, 0.2) is 5.15 Å². The number of hydrogen-bond acceptors (Lipinski definition) is 4. The minimum absolute atomic E-state index is 0.00364. The van der Waals surface area contributed by atoms with Crippen molar-refractivity contribution < 1.29 is 4.74 Å². The van der Waals surface area contributed by atoms with Crippen molar-refractivity contribution in [1.29, 1.82) is 0 Å². The first-order valence-electron chi connectivity index (χ1n) is 5.02. The lowest BCUT2D eigenvalue weighted by atomic mass is 10.2. The summed E-state index contributed by atoms with van der Waals surface area (Å²) in [7, 11) is 1.52. The third-order valence-corrected chi connectivity index (χ3v) is 3.05. The minimum atomic E-state index is -0.400. The molecule has 5 nitrogen and oxygen atoms in total. The van der Waals surface area contributed by atoms with Crippen LogP contribution in [0, 0.1) is 0 Å². The second kappa shape index (κ2) is 5.37. The van der Waals surface area contributed by atoms with E-state index in [4.69, 9.17) is 27.9 Å². The topological polar surface area (TPSA) is 57.0 Å². The number of nitrogens with zero attached hydrogens (tertiary/aromatic N) is 3. The molecule has 0 fully saturated rings. The van der Waals surface area contributed by atoms with Gasteiger partial charge in [0.05, 0.1) is 20.0 Å². The number of rotatable bonds is 3. The summed E-state index contributed by atoms with van der Waals surface area (Å²) in [4.78, 5) is 19.7. The zero-order valence-electron chi connectivity index (χ0n) is 9.43. The molecule has 0 unspecified atom stereocenters. The maximum absolute atomic E-state index is 11.8. The summed E-state index contributed by atoms with van der Waals surface area (Å²) in [6.07, 6.45) is 2.95. The van der Waals surface area contributed by atoms with Gasteiger partial charge in [0.2, 0.25) is 5.88 Å². The van der Waals surface area contributed by atoms with Gasteiger partial charge in [-0.15, -0.1) is 0 Å². The summed E-state index contributed by atoms with van der Waals surface area (Å²) in [5, 5.41) is -0.0990. The molecule has 0 radical (unpaired) electrons. The van der Waals surface area contributed by atoms with Crippen molar-refractivity contribution in [2.75, 3.05) is 7.11 Å². The number of hydrogen-bond donors (Lipinski definition) is 0. The fourth-order valence-electron chi connectivity index (χ4n) is 1.47. The molecule has 0 aliphatic heterocycles. The van der Waals surface area contributed by atoms with Crippen LogP contribution in [0.4, 0.5) is 0 Å². The van der Waals surface area contributed by atoms with E-state index in [0.29, 0.717) is 5.88 Å². The van der Waals surface area contributed by atoms with Crippen LogP contribution in [0.15, 0.2) is 29.5 Å². The molecule has 2 aromatic heterocycles. The molecule has 18 heavy (non-hydrogen) atoms. The molecule has 0 saturated heterocycles. The first-order chi connectivity index (χ1) is 8.63. The molecule has 2 aromatic rings. The van der Waals surface area contributed by atoms with Crippen LogP contribution in [-0.4, -0.2) is 21.6 Å². The fourth-order valence-corrected chi connectivity index (χ4v) is 1.75. The molecule has 0 saturated carbocycles. The van der Waals surface area contributed by atoms with Crippen molar-refractivity contribution in [3.8, 4) is 5.88 Å². The number of pyridine rings is 1. The summed E-state index contributed by atoms with van der Waals surface area (Å²) >= 11 is 11.4. The van der Waals surface area contributed by atoms with Gasteiger partial charge in [0.1, 0.15) is 5.02 Å².